The Kier molecular flexibility index (Phi) is 31.9. The number of hydrogen-bond donors (Lipinski definition) is 5. The summed E-state index contributed by atoms with van der Waals surface area (Å²) in [6.07, 6.45) is 4.53. The van der Waals surface area contributed by atoms with Crippen LogP contribution in [0, 0.1) is 0 Å². The maximum absolute atomic E-state index is 13.3. The van der Waals surface area contributed by atoms with Crippen molar-refractivity contribution in [1.29, 1.82) is 0 Å². The molecule has 0 bridgehead atoms. The SMILES string of the molecule is CN(CC=O)C(=O)OC(C)(C)C.CN(CCN1CCO[C@@H](CCc2cccc3c2C(=O)N(C2CCC(=O)NC2=O)C3=O)C1)C(=O)OC(C)(C)C.CNCCN1CCO[C@@H](CCc2cccc3c2C(=O)N(C2CCC(=O)NC2=O)C3=O)C1.Cl.Cl.O=C1CCC(N2C(=O)c3cccc(CC[C@H]4CNCCO4)c3C2=O)C(=O)N1. The quantitative estimate of drug-likeness (QED) is 0.0799. The summed E-state index contributed by atoms with van der Waals surface area (Å²) in [4.78, 5) is 193. The molecule has 3 aromatic carbocycles. The van der Waals surface area contributed by atoms with Crippen molar-refractivity contribution in [3.05, 3.63) is 105 Å². The number of aryl methyl sites for hydroxylation is 3. The lowest BCUT2D eigenvalue weighted by atomic mass is 9.97. The highest BCUT2D eigenvalue weighted by Crippen LogP contribution is 2.35. The summed E-state index contributed by atoms with van der Waals surface area (Å²) in [5, 5.41) is 13.1. The average Bonchev–Trinajstić information content (AvgIpc) is 1.62. The van der Waals surface area contributed by atoms with Gasteiger partial charge in [-0.05, 0) is 141 Å². The van der Waals surface area contributed by atoms with Crippen LogP contribution >= 0.6 is 24.8 Å². The van der Waals surface area contributed by atoms with E-state index in [4.69, 9.17) is 23.7 Å². The van der Waals surface area contributed by atoms with Gasteiger partial charge in [-0.1, -0.05) is 36.4 Å². The van der Waals surface area contributed by atoms with Crippen molar-refractivity contribution in [1.82, 2.24) is 60.9 Å². The Morgan fingerprint density at radius 3 is 1.23 bits per heavy atom. The number of ether oxygens (including phenoxy) is 5. The maximum Gasteiger partial charge on any atom is 0.410 e. The number of imide groups is 6. The first-order valence-corrected chi connectivity index (χ1v) is 36.8. The summed E-state index contributed by atoms with van der Waals surface area (Å²) in [5.74, 6) is -5.81. The van der Waals surface area contributed by atoms with Crippen molar-refractivity contribution < 1.29 is 95.6 Å². The molecule has 32 nitrogen and oxygen atoms in total. The van der Waals surface area contributed by atoms with Gasteiger partial charge in [-0.2, -0.15) is 0 Å². The highest BCUT2D eigenvalue weighted by molar-refractivity contribution is 6.26. The minimum atomic E-state index is -0.984. The molecule has 6 atom stereocenters. The molecule has 600 valence electrons. The van der Waals surface area contributed by atoms with Crippen molar-refractivity contribution in [3.63, 3.8) is 0 Å². The predicted molar refractivity (Wildman–Crippen MR) is 401 cm³/mol. The monoisotopic (exact) mass is 1570 g/mol. The molecule has 0 radical (unpaired) electrons. The predicted octanol–water partition coefficient (Wildman–Crippen LogP) is 3.43. The molecule has 9 aliphatic heterocycles. The maximum atomic E-state index is 13.3. The van der Waals surface area contributed by atoms with E-state index in [-0.39, 0.29) is 112 Å². The van der Waals surface area contributed by atoms with Gasteiger partial charge in [0, 0.05) is 98.8 Å². The van der Waals surface area contributed by atoms with Crippen LogP contribution in [0.15, 0.2) is 54.6 Å². The summed E-state index contributed by atoms with van der Waals surface area (Å²) in [6, 6.07) is 12.8. The van der Waals surface area contributed by atoms with Gasteiger partial charge in [-0.3, -0.25) is 98.0 Å². The molecule has 0 spiro atoms. The fraction of sp³-hybridized carbons (Fsp3) is 0.566. The minimum absolute atomic E-state index is 0. The van der Waals surface area contributed by atoms with Crippen LogP contribution in [0.2, 0.25) is 0 Å². The molecular weight excluding hydrogens is 1470 g/mol. The van der Waals surface area contributed by atoms with Gasteiger partial charge in [0.2, 0.25) is 35.4 Å². The molecule has 9 heterocycles. The third-order valence-corrected chi connectivity index (χ3v) is 19.5. The zero-order valence-electron chi connectivity index (χ0n) is 63.7. The smallest absolute Gasteiger partial charge is 0.410 e. The van der Waals surface area contributed by atoms with Gasteiger partial charge >= 0.3 is 12.2 Å². The largest absolute Gasteiger partial charge is 0.444 e. The Balaban J connectivity index is 0.000000214. The van der Waals surface area contributed by atoms with Crippen LogP contribution in [-0.2, 0) is 76.5 Å². The van der Waals surface area contributed by atoms with Gasteiger partial charge in [0.15, 0.2) is 0 Å². The second-order valence-electron chi connectivity index (χ2n) is 29.8. The van der Waals surface area contributed by atoms with E-state index < -0.39 is 94.5 Å². The highest BCUT2D eigenvalue weighted by Gasteiger charge is 2.49. The number of benzene rings is 3. The number of nitrogens with one attached hydrogen (secondary N) is 5. The topological polar surface area (TPSA) is 385 Å². The van der Waals surface area contributed by atoms with Crippen molar-refractivity contribution in [3.8, 4) is 0 Å². The van der Waals surface area contributed by atoms with E-state index in [0.717, 1.165) is 90.0 Å². The lowest BCUT2D eigenvalue weighted by molar-refractivity contribution is -0.137. The number of amides is 14. The molecule has 6 fully saturated rings. The zero-order chi connectivity index (χ0) is 78.3. The number of piperidine rings is 3. The van der Waals surface area contributed by atoms with Gasteiger partial charge in [0.05, 0.1) is 78.1 Å². The lowest BCUT2D eigenvalue weighted by Gasteiger charge is -2.34. The summed E-state index contributed by atoms with van der Waals surface area (Å²) < 4.78 is 28.0. The number of fused-ring (bicyclic) bond motifs is 3. The molecular formula is C76H102Cl2N12O20. The van der Waals surface area contributed by atoms with Gasteiger partial charge in [-0.25, -0.2) is 9.59 Å². The molecule has 0 aliphatic carbocycles. The Labute approximate surface area is 651 Å². The standard InChI is InChI=1S/C27H36N4O7.C22H28N4O5.C19H21N3O5.C8H15NO3.2ClH/c1-27(2,3)38-26(36)29(4)12-13-30-14-15-37-18(16-30)9-8-17-6-5-7-19-22(17)25(35)31(24(19)34)20-10-11-21(32)28-23(20)33;1-23-9-10-25-11-12-31-15(13-25)6-5-14-3-2-4-16-19(14)22(30)26(21(16)29)17-7-8-18(27)24-20(17)28;23-15-7-6-14(17(24)21-15)22-18(25)13-3-1-2-11(16(13)19(22)26)4-5-12-10-20-8-9-27-12;1-8(2,3)12-7(11)9(4)5-6-10;;/h5-7,18,20H,8-16H2,1-4H3,(H,28,32,33);2-4,15,17,23H,5-13H2,1H3,(H,24,27,28);1-3,12,14,20H,4-10H2,(H,21,23,24);6H,5H2,1-4H3;2*1H/t18-,20?;15-,17?;12-,14?;;;/m000.../s1. The molecule has 12 rings (SSSR count). The fourth-order valence-corrected chi connectivity index (χ4v) is 14.0. The fourth-order valence-electron chi connectivity index (χ4n) is 14.0. The Morgan fingerprint density at radius 2 is 0.882 bits per heavy atom. The molecule has 3 unspecified atom stereocenters. The molecule has 110 heavy (non-hydrogen) atoms. The van der Waals surface area contributed by atoms with Crippen molar-refractivity contribution in [2.45, 2.75) is 166 Å². The first-order chi connectivity index (χ1) is 51.4. The number of hydrogen-bond acceptors (Lipinski definition) is 24. The van der Waals surface area contributed by atoms with Crippen LogP contribution in [0.1, 0.15) is 178 Å². The van der Waals surface area contributed by atoms with Crippen LogP contribution < -0.4 is 26.6 Å². The summed E-state index contributed by atoms with van der Waals surface area (Å²) in [7, 11) is 5.17. The number of nitrogens with zero attached hydrogens (tertiary/aromatic N) is 7. The van der Waals surface area contributed by atoms with Gasteiger partial charge in [-0.15, -0.1) is 24.8 Å². The first-order valence-electron chi connectivity index (χ1n) is 36.8. The zero-order valence-corrected chi connectivity index (χ0v) is 65.4. The van der Waals surface area contributed by atoms with Crippen LogP contribution in [0.25, 0.3) is 0 Å². The Bertz CT molecular complexity index is 3950. The summed E-state index contributed by atoms with van der Waals surface area (Å²) in [6.45, 7) is 20.7. The molecule has 0 aromatic heterocycles. The van der Waals surface area contributed by atoms with E-state index >= 15 is 0 Å². The second kappa shape index (κ2) is 39.8. The number of carbonyl (C=O) groups excluding carboxylic acids is 15. The molecule has 6 saturated heterocycles. The van der Waals surface area contributed by atoms with E-state index in [1.54, 1.807) is 69.1 Å². The van der Waals surface area contributed by atoms with Crippen molar-refractivity contribution >= 4 is 114 Å². The normalized spacial score (nSPS) is 22.1. The number of likely N-dealkylation sites (N-methyl/N-ethyl adjacent to an activating group) is 3. The van der Waals surface area contributed by atoms with Gasteiger partial charge in [0.1, 0.15) is 35.6 Å². The molecule has 14 amide bonds. The third-order valence-electron chi connectivity index (χ3n) is 19.5. The van der Waals surface area contributed by atoms with E-state index in [9.17, 15) is 71.9 Å². The van der Waals surface area contributed by atoms with E-state index in [2.05, 4.69) is 36.4 Å². The third kappa shape index (κ3) is 22.6. The van der Waals surface area contributed by atoms with E-state index in [1.807, 2.05) is 46.0 Å². The molecule has 34 heteroatoms. The summed E-state index contributed by atoms with van der Waals surface area (Å²) >= 11 is 0. The van der Waals surface area contributed by atoms with Crippen LogP contribution in [-0.4, -0.2) is 284 Å². The lowest BCUT2D eigenvalue weighted by Crippen LogP contribution is -2.54. The number of aldehydes is 1. The van der Waals surface area contributed by atoms with Crippen LogP contribution in [0.5, 0.6) is 0 Å². The number of morpholine rings is 3. The number of rotatable bonds is 20. The molecule has 9 aliphatic rings. The van der Waals surface area contributed by atoms with Gasteiger partial charge < -0.3 is 48.9 Å². The number of halogens is 2. The second-order valence-corrected chi connectivity index (χ2v) is 29.8. The Morgan fingerprint density at radius 1 is 0.518 bits per heavy atom. The number of carbonyl (C=O) groups is 15. The molecule has 3 aromatic rings. The van der Waals surface area contributed by atoms with Crippen LogP contribution in [0.4, 0.5) is 9.59 Å². The summed E-state index contributed by atoms with van der Waals surface area (Å²) in [5.41, 5.74) is 3.28. The van der Waals surface area contributed by atoms with E-state index in [1.165, 1.54) is 11.9 Å². The van der Waals surface area contributed by atoms with E-state index in [0.29, 0.717) is 99.2 Å². The highest BCUT2D eigenvalue weighted by atomic mass is 35.5. The van der Waals surface area contributed by atoms with Crippen molar-refractivity contribution in [2.75, 3.05) is 113 Å². The van der Waals surface area contributed by atoms with Gasteiger partial charge in [0.25, 0.3) is 35.4 Å². The molecule has 0 saturated carbocycles. The Hall–Kier alpha value is -8.99. The van der Waals surface area contributed by atoms with Crippen LogP contribution in [0.3, 0.4) is 0 Å². The first kappa shape index (κ1) is 88.2. The average molecular weight is 1570 g/mol. The minimum Gasteiger partial charge on any atom is -0.444 e. The van der Waals surface area contributed by atoms with Crippen molar-refractivity contribution in [2.24, 2.45) is 0 Å². The molecule has 5 N–H and O–H groups in total.